The van der Waals surface area contributed by atoms with Gasteiger partial charge in [0.25, 0.3) is 0 Å². The van der Waals surface area contributed by atoms with Crippen molar-refractivity contribution in [2.45, 2.75) is 19.4 Å². The van der Waals surface area contributed by atoms with Gasteiger partial charge in [-0.3, -0.25) is 0 Å². The number of methoxy groups -OCH3 is 1. The maximum atomic E-state index is 5.29. The highest BCUT2D eigenvalue weighted by molar-refractivity contribution is 4.99. The third-order valence-electron chi connectivity index (χ3n) is 2.37. The number of nitrogens with one attached hydrogen (secondary N) is 2. The van der Waals surface area contributed by atoms with Gasteiger partial charge in [-0.1, -0.05) is 0 Å². The van der Waals surface area contributed by atoms with Crippen LogP contribution in [0.1, 0.15) is 12.7 Å². The first-order valence-electron chi connectivity index (χ1n) is 5.78. The molecule has 0 spiro atoms. The summed E-state index contributed by atoms with van der Waals surface area (Å²) in [6.07, 6.45) is 2.65. The Hall–Kier alpha value is -0.840. The third kappa shape index (κ3) is 5.90. The van der Waals surface area contributed by atoms with Crippen LogP contribution in [0.3, 0.4) is 0 Å². The smallest absolute Gasteiger partial charge is 0.105 e. The Morgan fingerprint density at radius 3 is 2.94 bits per heavy atom. The first-order valence-corrected chi connectivity index (χ1v) is 5.78. The molecule has 0 aliphatic carbocycles. The molecule has 4 nitrogen and oxygen atoms in total. The van der Waals surface area contributed by atoms with Gasteiger partial charge in [0.15, 0.2) is 0 Å². The van der Waals surface area contributed by atoms with Crippen LogP contribution in [0.5, 0.6) is 0 Å². The summed E-state index contributed by atoms with van der Waals surface area (Å²) in [6.45, 7) is 5.77. The van der Waals surface area contributed by atoms with Gasteiger partial charge < -0.3 is 19.8 Å². The Kier molecular flexibility index (Phi) is 6.88. The van der Waals surface area contributed by atoms with Crippen LogP contribution in [0.2, 0.25) is 0 Å². The van der Waals surface area contributed by atoms with Crippen LogP contribution in [0.25, 0.3) is 0 Å². The molecule has 0 aromatic carbocycles. The van der Waals surface area contributed by atoms with E-state index in [0.717, 1.165) is 38.4 Å². The SMILES string of the molecule is COCCNCCNC(C)Cc1ccco1. The first kappa shape index (κ1) is 13.2. The van der Waals surface area contributed by atoms with E-state index in [4.69, 9.17) is 9.15 Å². The molecule has 4 heteroatoms. The molecule has 0 radical (unpaired) electrons. The summed E-state index contributed by atoms with van der Waals surface area (Å²) in [5.41, 5.74) is 0. The summed E-state index contributed by atoms with van der Waals surface area (Å²) >= 11 is 0. The molecule has 16 heavy (non-hydrogen) atoms. The van der Waals surface area contributed by atoms with Gasteiger partial charge in [-0.15, -0.1) is 0 Å². The Labute approximate surface area is 97.4 Å². The molecule has 0 saturated heterocycles. The van der Waals surface area contributed by atoms with Crippen molar-refractivity contribution in [3.05, 3.63) is 24.2 Å². The summed E-state index contributed by atoms with van der Waals surface area (Å²) in [6, 6.07) is 4.37. The molecular formula is C12H22N2O2. The zero-order valence-electron chi connectivity index (χ0n) is 10.2. The lowest BCUT2D eigenvalue weighted by molar-refractivity contribution is 0.199. The van der Waals surface area contributed by atoms with Crippen molar-refractivity contribution in [1.82, 2.24) is 10.6 Å². The number of ether oxygens (including phenoxy) is 1. The van der Waals surface area contributed by atoms with E-state index in [-0.39, 0.29) is 0 Å². The maximum absolute atomic E-state index is 5.29. The summed E-state index contributed by atoms with van der Waals surface area (Å²) in [7, 11) is 1.71. The van der Waals surface area contributed by atoms with Crippen LogP contribution >= 0.6 is 0 Å². The Morgan fingerprint density at radius 2 is 2.25 bits per heavy atom. The molecule has 0 aliphatic rings. The van der Waals surface area contributed by atoms with Crippen LogP contribution in [-0.2, 0) is 11.2 Å². The van der Waals surface area contributed by atoms with Gasteiger partial charge in [-0.05, 0) is 19.1 Å². The van der Waals surface area contributed by atoms with E-state index in [1.807, 2.05) is 12.1 Å². The van der Waals surface area contributed by atoms with E-state index in [1.165, 1.54) is 0 Å². The number of furan rings is 1. The van der Waals surface area contributed by atoms with E-state index < -0.39 is 0 Å². The number of hydrogen-bond acceptors (Lipinski definition) is 4. The van der Waals surface area contributed by atoms with Gasteiger partial charge in [-0.2, -0.15) is 0 Å². The fourth-order valence-corrected chi connectivity index (χ4v) is 1.51. The van der Waals surface area contributed by atoms with Crippen molar-refractivity contribution >= 4 is 0 Å². The van der Waals surface area contributed by atoms with Gasteiger partial charge in [0, 0.05) is 39.2 Å². The molecule has 1 rings (SSSR count). The average Bonchev–Trinajstić information content (AvgIpc) is 2.76. The van der Waals surface area contributed by atoms with Gasteiger partial charge in [0.2, 0.25) is 0 Å². The van der Waals surface area contributed by atoms with Crippen LogP contribution in [0.4, 0.5) is 0 Å². The normalized spacial score (nSPS) is 12.9. The number of hydrogen-bond donors (Lipinski definition) is 2. The molecule has 1 heterocycles. The van der Waals surface area contributed by atoms with E-state index >= 15 is 0 Å². The second-order valence-electron chi connectivity index (χ2n) is 3.88. The predicted octanol–water partition coefficient (Wildman–Crippen LogP) is 1.04. The van der Waals surface area contributed by atoms with Crippen molar-refractivity contribution in [3.63, 3.8) is 0 Å². The fourth-order valence-electron chi connectivity index (χ4n) is 1.51. The highest BCUT2D eigenvalue weighted by Gasteiger charge is 2.03. The summed E-state index contributed by atoms with van der Waals surface area (Å²) in [4.78, 5) is 0. The van der Waals surface area contributed by atoms with Crippen molar-refractivity contribution in [2.24, 2.45) is 0 Å². The molecule has 0 bridgehead atoms. The molecular weight excluding hydrogens is 204 g/mol. The minimum atomic E-state index is 0.440. The van der Waals surface area contributed by atoms with Gasteiger partial charge in [-0.25, -0.2) is 0 Å². The van der Waals surface area contributed by atoms with Crippen LogP contribution in [0, 0.1) is 0 Å². The van der Waals surface area contributed by atoms with E-state index in [1.54, 1.807) is 13.4 Å². The molecule has 1 unspecified atom stereocenters. The Morgan fingerprint density at radius 1 is 1.38 bits per heavy atom. The number of rotatable bonds is 9. The zero-order chi connectivity index (χ0) is 11.6. The van der Waals surface area contributed by atoms with Crippen molar-refractivity contribution in [3.8, 4) is 0 Å². The van der Waals surface area contributed by atoms with Gasteiger partial charge in [0.1, 0.15) is 5.76 Å². The second kappa shape index (κ2) is 8.33. The van der Waals surface area contributed by atoms with Crippen LogP contribution < -0.4 is 10.6 Å². The summed E-state index contributed by atoms with van der Waals surface area (Å²) in [5, 5.41) is 6.72. The van der Waals surface area contributed by atoms with E-state index in [2.05, 4.69) is 17.6 Å². The minimum Gasteiger partial charge on any atom is -0.469 e. The molecule has 1 atom stereocenters. The predicted molar refractivity (Wildman–Crippen MR) is 64.6 cm³/mol. The Bertz CT molecular complexity index is 250. The topological polar surface area (TPSA) is 46.4 Å². The highest BCUT2D eigenvalue weighted by atomic mass is 16.5. The molecule has 0 aliphatic heterocycles. The lowest BCUT2D eigenvalue weighted by Crippen LogP contribution is -2.35. The quantitative estimate of drug-likeness (QED) is 0.618. The largest absolute Gasteiger partial charge is 0.469 e. The molecule has 1 aromatic rings. The minimum absolute atomic E-state index is 0.440. The van der Waals surface area contributed by atoms with Gasteiger partial charge in [0.05, 0.1) is 12.9 Å². The van der Waals surface area contributed by atoms with Crippen molar-refractivity contribution < 1.29 is 9.15 Å². The van der Waals surface area contributed by atoms with Gasteiger partial charge >= 0.3 is 0 Å². The first-order chi connectivity index (χ1) is 7.83. The van der Waals surface area contributed by atoms with E-state index in [9.17, 15) is 0 Å². The standard InChI is InChI=1S/C12H22N2O2/c1-11(10-12-4-3-8-16-12)14-6-5-13-7-9-15-2/h3-4,8,11,13-14H,5-7,9-10H2,1-2H3. The molecule has 92 valence electrons. The van der Waals surface area contributed by atoms with Crippen LogP contribution in [0.15, 0.2) is 22.8 Å². The van der Waals surface area contributed by atoms with Crippen molar-refractivity contribution in [1.29, 1.82) is 0 Å². The monoisotopic (exact) mass is 226 g/mol. The molecule has 0 fully saturated rings. The lowest BCUT2D eigenvalue weighted by Gasteiger charge is -2.12. The Balaban J connectivity index is 1.96. The lowest BCUT2D eigenvalue weighted by atomic mass is 10.2. The molecule has 0 amide bonds. The second-order valence-corrected chi connectivity index (χ2v) is 3.88. The third-order valence-corrected chi connectivity index (χ3v) is 2.37. The van der Waals surface area contributed by atoms with E-state index in [0.29, 0.717) is 6.04 Å². The fraction of sp³-hybridized carbons (Fsp3) is 0.667. The molecule has 0 saturated carbocycles. The average molecular weight is 226 g/mol. The highest BCUT2D eigenvalue weighted by Crippen LogP contribution is 2.03. The summed E-state index contributed by atoms with van der Waals surface area (Å²) in [5.74, 6) is 1.03. The zero-order valence-corrected chi connectivity index (χ0v) is 10.2. The maximum Gasteiger partial charge on any atom is 0.105 e. The van der Waals surface area contributed by atoms with Crippen molar-refractivity contribution in [2.75, 3.05) is 33.4 Å². The van der Waals surface area contributed by atoms with Crippen LogP contribution in [-0.4, -0.2) is 39.4 Å². The molecule has 2 N–H and O–H groups in total. The molecule has 1 aromatic heterocycles. The summed E-state index contributed by atoms with van der Waals surface area (Å²) < 4.78 is 10.2.